The Balaban J connectivity index is 2.84. The summed E-state index contributed by atoms with van der Waals surface area (Å²) in [7, 11) is 1.42. The van der Waals surface area contributed by atoms with Gasteiger partial charge in [0, 0.05) is 9.80 Å². The van der Waals surface area contributed by atoms with E-state index in [0.717, 1.165) is 28.2 Å². The van der Waals surface area contributed by atoms with Crippen LogP contribution in [0.15, 0.2) is 22.7 Å². The average Bonchev–Trinajstić information content (AvgIpc) is 2.28. The average molecular weight is 350 g/mol. The molecule has 0 amide bonds. The molecule has 0 aliphatic heterocycles. The number of alkyl halides is 1. The molecule has 0 radical (unpaired) electrons. The molecule has 0 N–H and O–H groups in total. The van der Waals surface area contributed by atoms with E-state index >= 15 is 0 Å². The molecule has 0 heterocycles. The van der Waals surface area contributed by atoms with E-state index in [1.165, 1.54) is 12.7 Å². The topological polar surface area (TPSA) is 26.3 Å². The van der Waals surface area contributed by atoms with E-state index in [1.807, 2.05) is 12.1 Å². The maximum Gasteiger partial charge on any atom is 0.309 e. The molecule has 0 unspecified atom stereocenters. The number of methoxy groups -OCH3 is 1. The van der Waals surface area contributed by atoms with Gasteiger partial charge in [0.05, 0.1) is 13.5 Å². The number of rotatable bonds is 5. The molecule has 0 bridgehead atoms. The fourth-order valence-electron chi connectivity index (χ4n) is 1.49. The first kappa shape index (κ1) is 13.7. The van der Waals surface area contributed by atoms with E-state index in [-0.39, 0.29) is 5.97 Å². The van der Waals surface area contributed by atoms with Crippen molar-refractivity contribution in [3.05, 3.63) is 33.8 Å². The van der Waals surface area contributed by atoms with Crippen molar-refractivity contribution in [2.24, 2.45) is 0 Å². The Hall–Kier alpha value is -0.350. The predicted molar refractivity (Wildman–Crippen MR) is 72.0 cm³/mol. The number of carbonyl (C=O) groups is 1. The minimum atomic E-state index is -0.196. The molecule has 4 heteroatoms. The van der Waals surface area contributed by atoms with E-state index in [2.05, 4.69) is 42.7 Å². The number of halogens is 2. The van der Waals surface area contributed by atoms with Crippen LogP contribution >= 0.6 is 31.9 Å². The summed E-state index contributed by atoms with van der Waals surface area (Å²) >= 11 is 6.82. The van der Waals surface area contributed by atoms with Crippen LogP contribution in [0.2, 0.25) is 0 Å². The van der Waals surface area contributed by atoms with Crippen molar-refractivity contribution in [3.8, 4) is 0 Å². The highest BCUT2D eigenvalue weighted by molar-refractivity contribution is 9.10. The molecule has 88 valence electrons. The molecule has 0 aromatic heterocycles. The number of aryl methyl sites for hydroxylation is 1. The van der Waals surface area contributed by atoms with Gasteiger partial charge in [0.2, 0.25) is 0 Å². The van der Waals surface area contributed by atoms with Crippen molar-refractivity contribution >= 4 is 37.8 Å². The number of carbonyl (C=O) groups excluding carboxylic acids is 1. The fourth-order valence-corrected chi connectivity index (χ4v) is 2.18. The van der Waals surface area contributed by atoms with Crippen LogP contribution in [0.1, 0.15) is 17.5 Å². The molecule has 0 saturated carbocycles. The van der Waals surface area contributed by atoms with Crippen molar-refractivity contribution < 1.29 is 9.53 Å². The van der Waals surface area contributed by atoms with E-state index in [0.29, 0.717) is 6.42 Å². The van der Waals surface area contributed by atoms with Gasteiger partial charge in [0.25, 0.3) is 0 Å². The number of hydrogen-bond donors (Lipinski definition) is 0. The highest BCUT2D eigenvalue weighted by atomic mass is 79.9. The molecule has 0 aliphatic rings. The van der Waals surface area contributed by atoms with Crippen LogP contribution in [0, 0.1) is 0 Å². The number of esters is 1. The van der Waals surface area contributed by atoms with E-state index < -0.39 is 0 Å². The molecular weight excluding hydrogens is 336 g/mol. The predicted octanol–water partition coefficient (Wildman–Crippen LogP) is 3.49. The van der Waals surface area contributed by atoms with Gasteiger partial charge in [-0.05, 0) is 36.1 Å². The van der Waals surface area contributed by atoms with Gasteiger partial charge in [0.1, 0.15) is 0 Å². The van der Waals surface area contributed by atoms with Gasteiger partial charge in [-0.3, -0.25) is 4.79 Å². The Morgan fingerprint density at radius 3 is 2.75 bits per heavy atom. The van der Waals surface area contributed by atoms with Crippen molar-refractivity contribution in [1.29, 1.82) is 0 Å². The smallest absolute Gasteiger partial charge is 0.309 e. The zero-order valence-electron chi connectivity index (χ0n) is 9.13. The Labute approximate surface area is 113 Å². The van der Waals surface area contributed by atoms with Crippen LogP contribution in [0.3, 0.4) is 0 Å². The van der Waals surface area contributed by atoms with Crippen molar-refractivity contribution in [3.63, 3.8) is 0 Å². The third-order valence-electron chi connectivity index (χ3n) is 2.31. The maximum atomic E-state index is 11.3. The standard InChI is InChI=1S/C12H14Br2O2/c1-16-12(15)8-10-7-11(14)5-4-9(10)3-2-6-13/h4-5,7H,2-3,6,8H2,1H3. The lowest BCUT2D eigenvalue weighted by Gasteiger charge is -2.08. The summed E-state index contributed by atoms with van der Waals surface area (Å²) in [5.74, 6) is -0.196. The first-order valence-corrected chi connectivity index (χ1v) is 6.99. The summed E-state index contributed by atoms with van der Waals surface area (Å²) in [6.07, 6.45) is 2.38. The lowest BCUT2D eigenvalue weighted by Crippen LogP contribution is -2.07. The Bertz CT molecular complexity index is 364. The third-order valence-corrected chi connectivity index (χ3v) is 3.36. The molecule has 1 aromatic rings. The van der Waals surface area contributed by atoms with Crippen LogP contribution < -0.4 is 0 Å². The van der Waals surface area contributed by atoms with Gasteiger partial charge < -0.3 is 4.74 Å². The molecule has 0 saturated heterocycles. The zero-order chi connectivity index (χ0) is 12.0. The highest BCUT2D eigenvalue weighted by Gasteiger charge is 2.08. The van der Waals surface area contributed by atoms with Crippen molar-refractivity contribution in [2.45, 2.75) is 19.3 Å². The maximum absolute atomic E-state index is 11.3. The van der Waals surface area contributed by atoms with Gasteiger partial charge in [-0.15, -0.1) is 0 Å². The van der Waals surface area contributed by atoms with Crippen molar-refractivity contribution in [2.75, 3.05) is 12.4 Å². The first-order chi connectivity index (χ1) is 7.67. The minimum absolute atomic E-state index is 0.196. The lowest BCUT2D eigenvalue weighted by atomic mass is 10.0. The summed E-state index contributed by atoms with van der Waals surface area (Å²) in [5.41, 5.74) is 2.26. The molecule has 16 heavy (non-hydrogen) atoms. The molecular formula is C12H14Br2O2. The number of hydrogen-bond acceptors (Lipinski definition) is 2. The van der Waals surface area contributed by atoms with Crippen LogP contribution in [0.4, 0.5) is 0 Å². The van der Waals surface area contributed by atoms with E-state index in [9.17, 15) is 4.79 Å². The fraction of sp³-hybridized carbons (Fsp3) is 0.417. The van der Waals surface area contributed by atoms with Crippen molar-refractivity contribution in [1.82, 2.24) is 0 Å². The Kier molecular flexibility index (Phi) is 6.06. The second-order valence-electron chi connectivity index (χ2n) is 3.46. The second kappa shape index (κ2) is 7.07. The molecule has 0 atom stereocenters. The normalized spacial score (nSPS) is 10.2. The van der Waals surface area contributed by atoms with Gasteiger partial charge in [-0.25, -0.2) is 0 Å². The quantitative estimate of drug-likeness (QED) is 0.600. The van der Waals surface area contributed by atoms with Crippen LogP contribution in [-0.2, 0) is 22.4 Å². The molecule has 0 fully saturated rings. The third kappa shape index (κ3) is 4.26. The lowest BCUT2D eigenvalue weighted by molar-refractivity contribution is -0.139. The second-order valence-corrected chi connectivity index (χ2v) is 5.17. The van der Waals surface area contributed by atoms with Gasteiger partial charge in [0.15, 0.2) is 0 Å². The summed E-state index contributed by atoms with van der Waals surface area (Å²) < 4.78 is 5.68. The summed E-state index contributed by atoms with van der Waals surface area (Å²) in [5, 5.41) is 0.973. The van der Waals surface area contributed by atoms with Gasteiger partial charge in [-0.2, -0.15) is 0 Å². The largest absolute Gasteiger partial charge is 0.469 e. The number of ether oxygens (including phenoxy) is 1. The van der Waals surface area contributed by atoms with Gasteiger partial charge >= 0.3 is 5.97 Å². The molecule has 1 rings (SSSR count). The Morgan fingerprint density at radius 2 is 2.12 bits per heavy atom. The molecule has 0 aliphatic carbocycles. The van der Waals surface area contributed by atoms with E-state index in [1.54, 1.807) is 0 Å². The summed E-state index contributed by atoms with van der Waals surface area (Å²) in [4.78, 5) is 11.3. The van der Waals surface area contributed by atoms with Crippen LogP contribution in [0.5, 0.6) is 0 Å². The van der Waals surface area contributed by atoms with E-state index in [4.69, 9.17) is 0 Å². The Morgan fingerprint density at radius 1 is 1.38 bits per heavy atom. The summed E-state index contributed by atoms with van der Waals surface area (Å²) in [6.45, 7) is 0. The number of benzene rings is 1. The SMILES string of the molecule is COC(=O)Cc1cc(Br)ccc1CCCBr. The molecule has 0 spiro atoms. The monoisotopic (exact) mass is 348 g/mol. The van der Waals surface area contributed by atoms with Gasteiger partial charge in [-0.1, -0.05) is 37.9 Å². The zero-order valence-corrected chi connectivity index (χ0v) is 12.3. The molecule has 1 aromatic carbocycles. The minimum Gasteiger partial charge on any atom is -0.469 e. The molecule has 2 nitrogen and oxygen atoms in total. The highest BCUT2D eigenvalue weighted by Crippen LogP contribution is 2.19. The first-order valence-electron chi connectivity index (χ1n) is 5.07. The summed E-state index contributed by atoms with van der Waals surface area (Å²) in [6, 6.07) is 6.05. The van der Waals surface area contributed by atoms with Crippen LogP contribution in [-0.4, -0.2) is 18.4 Å². The van der Waals surface area contributed by atoms with Crippen LogP contribution in [0.25, 0.3) is 0 Å².